The summed E-state index contributed by atoms with van der Waals surface area (Å²) in [6, 6.07) is 22.8. The van der Waals surface area contributed by atoms with E-state index in [1.165, 1.54) is 11.3 Å². The van der Waals surface area contributed by atoms with E-state index in [0.717, 1.165) is 16.2 Å². The van der Waals surface area contributed by atoms with Gasteiger partial charge in [-0.2, -0.15) is 5.10 Å². The lowest BCUT2D eigenvalue weighted by Crippen LogP contribution is -2.25. The predicted molar refractivity (Wildman–Crippen MR) is 132 cm³/mol. The summed E-state index contributed by atoms with van der Waals surface area (Å²) in [5.74, 6) is -0.140. The van der Waals surface area contributed by atoms with Crippen LogP contribution in [0.2, 0.25) is 0 Å². The first-order valence-corrected chi connectivity index (χ1v) is 13.4. The average molecular weight is 494 g/mol. The Kier molecular flexibility index (Phi) is 5.84. The van der Waals surface area contributed by atoms with Crippen LogP contribution in [0.5, 0.6) is 0 Å². The second-order valence-electron chi connectivity index (χ2n) is 7.41. The van der Waals surface area contributed by atoms with Gasteiger partial charge in [0.15, 0.2) is 0 Å². The monoisotopic (exact) mass is 493 g/mol. The van der Waals surface area contributed by atoms with Gasteiger partial charge in [-0.15, -0.1) is 22.7 Å². The number of benzene rings is 2. The SMILES string of the molecule is O=C(c1cccs1)N1N=C(c2cccc(NS(=O)(=O)c3ccccc3)c2)C[C@H]1c1cccs1. The van der Waals surface area contributed by atoms with Gasteiger partial charge >= 0.3 is 0 Å². The Morgan fingerprint density at radius 3 is 2.45 bits per heavy atom. The molecule has 0 saturated heterocycles. The van der Waals surface area contributed by atoms with Crippen LogP contribution < -0.4 is 4.72 Å². The van der Waals surface area contributed by atoms with Gasteiger partial charge in [0, 0.05) is 17.0 Å². The fourth-order valence-corrected chi connectivity index (χ4v) is 6.20. The molecule has 0 aliphatic carbocycles. The zero-order valence-corrected chi connectivity index (χ0v) is 19.7. The van der Waals surface area contributed by atoms with Gasteiger partial charge in [0.2, 0.25) is 0 Å². The molecule has 0 bridgehead atoms. The van der Waals surface area contributed by atoms with Gasteiger partial charge in [0.25, 0.3) is 15.9 Å². The molecule has 0 radical (unpaired) electrons. The number of hydrogen-bond acceptors (Lipinski definition) is 6. The summed E-state index contributed by atoms with van der Waals surface area (Å²) in [5, 5.41) is 10.1. The number of anilines is 1. The minimum absolute atomic E-state index is 0.140. The van der Waals surface area contributed by atoms with Crippen molar-refractivity contribution in [3.8, 4) is 0 Å². The largest absolute Gasteiger partial charge is 0.284 e. The highest BCUT2D eigenvalue weighted by Gasteiger charge is 2.34. The van der Waals surface area contributed by atoms with Crippen molar-refractivity contribution in [3.63, 3.8) is 0 Å². The highest BCUT2D eigenvalue weighted by Crippen LogP contribution is 2.37. The number of thiophene rings is 2. The fraction of sp³-hybridized carbons (Fsp3) is 0.0833. The molecule has 6 nitrogen and oxygen atoms in total. The van der Waals surface area contributed by atoms with Crippen LogP contribution in [0.25, 0.3) is 0 Å². The van der Waals surface area contributed by atoms with Crippen LogP contribution in [-0.4, -0.2) is 25.0 Å². The molecule has 0 saturated carbocycles. The second-order valence-corrected chi connectivity index (χ2v) is 11.0. The quantitative estimate of drug-likeness (QED) is 0.380. The van der Waals surface area contributed by atoms with Gasteiger partial charge in [0.1, 0.15) is 0 Å². The van der Waals surface area contributed by atoms with Crippen LogP contribution in [0.15, 0.2) is 99.6 Å². The van der Waals surface area contributed by atoms with E-state index < -0.39 is 10.0 Å². The molecule has 0 fully saturated rings. The number of amides is 1. The Balaban J connectivity index is 1.45. The maximum absolute atomic E-state index is 13.1. The average Bonchev–Trinajstić information content (AvgIpc) is 3.61. The van der Waals surface area contributed by atoms with Crippen molar-refractivity contribution in [3.05, 3.63) is 105 Å². The maximum atomic E-state index is 13.1. The van der Waals surface area contributed by atoms with Crippen LogP contribution in [0.3, 0.4) is 0 Å². The molecule has 1 aliphatic heterocycles. The molecule has 1 N–H and O–H groups in total. The van der Waals surface area contributed by atoms with Crippen molar-refractivity contribution in [2.45, 2.75) is 17.4 Å². The van der Waals surface area contributed by atoms with Crippen LogP contribution in [0.1, 0.15) is 32.6 Å². The predicted octanol–water partition coefficient (Wildman–Crippen LogP) is 5.60. The number of rotatable bonds is 6. The maximum Gasteiger partial charge on any atom is 0.284 e. The number of hydrogen-bond donors (Lipinski definition) is 1. The highest BCUT2D eigenvalue weighted by atomic mass is 32.2. The van der Waals surface area contributed by atoms with Crippen molar-refractivity contribution < 1.29 is 13.2 Å². The molecule has 0 unspecified atom stereocenters. The first kappa shape index (κ1) is 21.6. The molecule has 166 valence electrons. The summed E-state index contributed by atoms with van der Waals surface area (Å²) < 4.78 is 28.1. The molecule has 33 heavy (non-hydrogen) atoms. The molecule has 2 aromatic heterocycles. The Morgan fingerprint density at radius 1 is 0.939 bits per heavy atom. The van der Waals surface area contributed by atoms with E-state index in [-0.39, 0.29) is 16.8 Å². The van der Waals surface area contributed by atoms with Crippen LogP contribution >= 0.6 is 22.7 Å². The van der Waals surface area contributed by atoms with Crippen molar-refractivity contribution >= 4 is 50.0 Å². The normalized spacial score (nSPS) is 15.9. The summed E-state index contributed by atoms with van der Waals surface area (Å²) in [6.07, 6.45) is 0.548. The number of nitrogens with one attached hydrogen (secondary N) is 1. The molecule has 0 spiro atoms. The topological polar surface area (TPSA) is 78.8 Å². The van der Waals surface area contributed by atoms with Gasteiger partial charge < -0.3 is 0 Å². The molecular weight excluding hydrogens is 474 g/mol. The first-order chi connectivity index (χ1) is 16.0. The fourth-order valence-electron chi connectivity index (χ4n) is 3.66. The van der Waals surface area contributed by atoms with E-state index in [9.17, 15) is 13.2 Å². The summed E-state index contributed by atoms with van der Waals surface area (Å²) in [6.45, 7) is 0. The molecule has 4 aromatic rings. The van der Waals surface area contributed by atoms with Gasteiger partial charge in [-0.3, -0.25) is 9.52 Å². The zero-order chi connectivity index (χ0) is 22.8. The molecule has 1 amide bonds. The molecule has 1 atom stereocenters. The molecule has 5 rings (SSSR count). The summed E-state index contributed by atoms with van der Waals surface area (Å²) in [7, 11) is -3.71. The highest BCUT2D eigenvalue weighted by molar-refractivity contribution is 7.92. The van der Waals surface area contributed by atoms with Gasteiger partial charge in [-0.05, 0) is 52.7 Å². The minimum Gasteiger partial charge on any atom is -0.280 e. The molecule has 1 aliphatic rings. The van der Waals surface area contributed by atoms with Crippen LogP contribution in [0, 0.1) is 0 Å². The third kappa shape index (κ3) is 4.47. The minimum atomic E-state index is -3.71. The Labute approximate surface area is 199 Å². The first-order valence-electron chi connectivity index (χ1n) is 10.2. The smallest absolute Gasteiger partial charge is 0.280 e. The van der Waals surface area contributed by atoms with Crippen molar-refractivity contribution in [1.29, 1.82) is 0 Å². The number of carbonyl (C=O) groups excluding carboxylic acids is 1. The van der Waals surface area contributed by atoms with E-state index in [0.29, 0.717) is 17.0 Å². The third-order valence-corrected chi connectivity index (χ3v) is 8.45. The Bertz CT molecular complexity index is 1400. The van der Waals surface area contributed by atoms with Gasteiger partial charge in [-0.1, -0.05) is 42.5 Å². The molecular formula is C24H19N3O3S3. The van der Waals surface area contributed by atoms with E-state index >= 15 is 0 Å². The lowest BCUT2D eigenvalue weighted by atomic mass is 10.0. The Hall–Kier alpha value is -3.27. The third-order valence-electron chi connectivity index (χ3n) is 5.22. The van der Waals surface area contributed by atoms with E-state index in [2.05, 4.69) is 9.82 Å². The van der Waals surface area contributed by atoms with Crippen molar-refractivity contribution in [2.75, 3.05) is 4.72 Å². The lowest BCUT2D eigenvalue weighted by Gasteiger charge is -2.19. The number of hydrazone groups is 1. The van der Waals surface area contributed by atoms with E-state index in [1.54, 1.807) is 70.9 Å². The van der Waals surface area contributed by atoms with Crippen molar-refractivity contribution in [1.82, 2.24) is 5.01 Å². The second kappa shape index (κ2) is 8.93. The van der Waals surface area contributed by atoms with Crippen LogP contribution in [0.4, 0.5) is 5.69 Å². The van der Waals surface area contributed by atoms with Crippen LogP contribution in [-0.2, 0) is 10.0 Å². The van der Waals surface area contributed by atoms with E-state index in [4.69, 9.17) is 0 Å². The molecule has 3 heterocycles. The van der Waals surface area contributed by atoms with E-state index in [1.807, 2.05) is 35.0 Å². The zero-order valence-electron chi connectivity index (χ0n) is 17.3. The summed E-state index contributed by atoms with van der Waals surface area (Å²) >= 11 is 2.98. The standard InChI is InChI=1S/C24H19N3O3S3/c28-24(23-12-6-14-32-23)27-21(22-11-5-13-31-22)16-20(25-27)17-7-4-8-18(15-17)26-33(29,30)19-9-2-1-3-10-19/h1-15,21,26H,16H2/t21-/m0/s1. The van der Waals surface area contributed by atoms with Crippen molar-refractivity contribution in [2.24, 2.45) is 5.10 Å². The number of nitrogens with zero attached hydrogens (tertiary/aromatic N) is 2. The Morgan fingerprint density at radius 2 is 1.73 bits per heavy atom. The number of carbonyl (C=O) groups is 1. The van der Waals surface area contributed by atoms with Gasteiger partial charge in [-0.25, -0.2) is 13.4 Å². The number of sulfonamides is 1. The summed E-state index contributed by atoms with van der Waals surface area (Å²) in [4.78, 5) is 15.0. The van der Waals surface area contributed by atoms with Gasteiger partial charge in [0.05, 0.1) is 21.5 Å². The molecule has 2 aromatic carbocycles. The molecule has 9 heteroatoms. The lowest BCUT2D eigenvalue weighted by molar-refractivity contribution is 0.0719. The summed E-state index contributed by atoms with van der Waals surface area (Å²) in [5.41, 5.74) is 1.94.